The van der Waals surface area contributed by atoms with E-state index < -0.39 is 16.1 Å². The van der Waals surface area contributed by atoms with Crippen LogP contribution in [0.15, 0.2) is 91.0 Å². The molecule has 3 aromatic carbocycles. The zero-order chi connectivity index (χ0) is 17.0. The van der Waals surface area contributed by atoms with Crippen molar-refractivity contribution in [1.29, 1.82) is 0 Å². The van der Waals surface area contributed by atoms with E-state index in [9.17, 15) is 13.0 Å². The van der Waals surface area contributed by atoms with Gasteiger partial charge in [0, 0.05) is 10.6 Å². The molecule has 0 atom stereocenters. The highest BCUT2D eigenvalue weighted by Gasteiger charge is 2.43. The summed E-state index contributed by atoms with van der Waals surface area (Å²) in [6.07, 6.45) is -4.04. The van der Waals surface area contributed by atoms with E-state index in [1.807, 2.05) is 0 Å². The third-order valence-electron chi connectivity index (χ3n) is 3.45. The number of benzene rings is 3. The van der Waals surface area contributed by atoms with E-state index in [0.717, 1.165) is 0 Å². The van der Waals surface area contributed by atoms with Gasteiger partial charge in [-0.3, -0.25) is 4.57 Å². The Hall–Kier alpha value is -2.36. The Bertz CT molecular complexity index is 912. The van der Waals surface area contributed by atoms with Crippen LogP contribution in [0, 0.1) is 0 Å². The van der Waals surface area contributed by atoms with Crippen molar-refractivity contribution in [3.63, 3.8) is 0 Å². The smallest absolute Gasteiger partial charge is 0.368 e. The standard InChI is InChI=1S/C18H15O4PS/c19-23(17-12-6-2-7-13-17,18-14-8-3-9-15-18)24(20,21)22-16-10-4-1-5-11-16/h1-15H. The maximum atomic E-state index is 13.7. The predicted octanol–water partition coefficient (Wildman–Crippen LogP) is 3.32. The van der Waals surface area contributed by atoms with Crippen molar-refractivity contribution < 1.29 is 17.2 Å². The highest BCUT2D eigenvalue weighted by molar-refractivity contribution is 8.55. The second-order valence-electron chi connectivity index (χ2n) is 5.05. The van der Waals surface area contributed by atoms with Gasteiger partial charge in [0.25, 0.3) is 6.34 Å². The van der Waals surface area contributed by atoms with Gasteiger partial charge >= 0.3 is 9.74 Å². The summed E-state index contributed by atoms with van der Waals surface area (Å²) >= 11 is 0. The van der Waals surface area contributed by atoms with Crippen LogP contribution in [-0.4, -0.2) is 8.42 Å². The molecule has 0 saturated heterocycles. The van der Waals surface area contributed by atoms with Gasteiger partial charge in [0.2, 0.25) is 0 Å². The second kappa shape index (κ2) is 6.63. The van der Waals surface area contributed by atoms with E-state index in [-0.39, 0.29) is 16.4 Å². The third-order valence-corrected chi connectivity index (χ3v) is 9.82. The molecule has 0 unspecified atom stereocenters. The van der Waals surface area contributed by atoms with Gasteiger partial charge in [0.15, 0.2) is 0 Å². The molecule has 3 rings (SSSR count). The molecule has 0 radical (unpaired) electrons. The molecule has 4 nitrogen and oxygen atoms in total. The zero-order valence-electron chi connectivity index (χ0n) is 12.6. The first-order valence-electron chi connectivity index (χ1n) is 7.25. The Balaban J connectivity index is 2.17. The molecule has 0 aliphatic carbocycles. The van der Waals surface area contributed by atoms with Gasteiger partial charge in [-0.15, -0.1) is 0 Å². The first-order chi connectivity index (χ1) is 11.5. The van der Waals surface area contributed by atoms with Gasteiger partial charge in [-0.25, -0.2) is 0 Å². The van der Waals surface area contributed by atoms with Gasteiger partial charge in [-0.2, -0.15) is 8.42 Å². The molecule has 0 aliphatic rings. The number of hydrogen-bond donors (Lipinski definition) is 0. The van der Waals surface area contributed by atoms with E-state index in [0.29, 0.717) is 0 Å². The van der Waals surface area contributed by atoms with Gasteiger partial charge in [-0.1, -0.05) is 78.9 Å². The van der Waals surface area contributed by atoms with Crippen LogP contribution in [0.5, 0.6) is 5.75 Å². The fourth-order valence-electron chi connectivity index (χ4n) is 2.31. The van der Waals surface area contributed by atoms with Crippen molar-refractivity contribution in [3.05, 3.63) is 91.0 Å². The minimum atomic E-state index is -4.43. The monoisotopic (exact) mass is 358 g/mol. The van der Waals surface area contributed by atoms with Crippen LogP contribution >= 0.6 is 6.34 Å². The molecule has 6 heteroatoms. The Morgan fingerprint density at radius 1 is 0.625 bits per heavy atom. The summed E-state index contributed by atoms with van der Waals surface area (Å²) in [4.78, 5) is 0. The third kappa shape index (κ3) is 3.01. The Labute approximate surface area is 141 Å². The normalized spacial score (nSPS) is 11.8. The summed E-state index contributed by atoms with van der Waals surface area (Å²) < 4.78 is 44.8. The summed E-state index contributed by atoms with van der Waals surface area (Å²) in [6, 6.07) is 24.3. The fourth-order valence-corrected chi connectivity index (χ4v) is 7.56. The summed E-state index contributed by atoms with van der Waals surface area (Å²) in [6.45, 7) is 0. The van der Waals surface area contributed by atoms with Crippen molar-refractivity contribution in [3.8, 4) is 5.75 Å². The lowest BCUT2D eigenvalue weighted by Gasteiger charge is -2.19. The minimum Gasteiger partial charge on any atom is -0.377 e. The SMILES string of the molecule is O=P(c1ccccc1)(c1ccccc1)S(=O)(=O)Oc1ccccc1. The van der Waals surface area contributed by atoms with E-state index in [1.54, 1.807) is 78.9 Å². The van der Waals surface area contributed by atoms with Crippen molar-refractivity contribution in [2.24, 2.45) is 0 Å². The van der Waals surface area contributed by atoms with Crippen LogP contribution in [-0.2, 0) is 14.3 Å². The first kappa shape index (κ1) is 16.5. The van der Waals surface area contributed by atoms with E-state index in [2.05, 4.69) is 0 Å². The maximum Gasteiger partial charge on any atom is 0.368 e. The van der Waals surface area contributed by atoms with Gasteiger partial charge < -0.3 is 4.18 Å². The Morgan fingerprint density at radius 2 is 1.00 bits per heavy atom. The van der Waals surface area contributed by atoms with Crippen LogP contribution in [0.3, 0.4) is 0 Å². The average molecular weight is 358 g/mol. The van der Waals surface area contributed by atoms with Gasteiger partial charge in [0.05, 0.1) is 0 Å². The minimum absolute atomic E-state index is 0.129. The summed E-state index contributed by atoms with van der Waals surface area (Å²) in [5.41, 5.74) is 0. The topological polar surface area (TPSA) is 60.4 Å². The molecular weight excluding hydrogens is 343 g/mol. The fraction of sp³-hybridized carbons (Fsp3) is 0. The molecule has 24 heavy (non-hydrogen) atoms. The molecule has 0 spiro atoms. The molecule has 0 fully saturated rings. The molecule has 0 saturated carbocycles. The highest BCUT2D eigenvalue weighted by atomic mass is 32.8. The average Bonchev–Trinajstić information content (AvgIpc) is 2.63. The van der Waals surface area contributed by atoms with Crippen molar-refractivity contribution in [1.82, 2.24) is 0 Å². The highest BCUT2D eigenvalue weighted by Crippen LogP contribution is 2.50. The van der Waals surface area contributed by atoms with Crippen LogP contribution in [0.1, 0.15) is 0 Å². The van der Waals surface area contributed by atoms with Crippen LogP contribution < -0.4 is 14.8 Å². The zero-order valence-corrected chi connectivity index (χ0v) is 14.4. The Kier molecular flexibility index (Phi) is 4.56. The first-order valence-corrected chi connectivity index (χ1v) is 11.0. The summed E-state index contributed by atoms with van der Waals surface area (Å²) in [5, 5.41) is 0.430. The molecule has 0 heterocycles. The molecule has 0 aliphatic heterocycles. The van der Waals surface area contributed by atoms with Crippen LogP contribution in [0.2, 0.25) is 0 Å². The lowest BCUT2D eigenvalue weighted by Crippen LogP contribution is -2.25. The van der Waals surface area contributed by atoms with Gasteiger partial charge in [-0.05, 0) is 12.1 Å². The van der Waals surface area contributed by atoms with Gasteiger partial charge in [0.1, 0.15) is 5.75 Å². The lowest BCUT2D eigenvalue weighted by atomic mass is 10.3. The van der Waals surface area contributed by atoms with Crippen molar-refractivity contribution >= 4 is 26.7 Å². The number of rotatable bonds is 5. The summed E-state index contributed by atoms with van der Waals surface area (Å²) in [5.74, 6) is 0.129. The molecule has 3 aromatic rings. The largest absolute Gasteiger partial charge is 0.377 e. The molecule has 0 aromatic heterocycles. The van der Waals surface area contributed by atoms with Crippen LogP contribution in [0.25, 0.3) is 0 Å². The second-order valence-corrected chi connectivity index (χ2v) is 11.1. The van der Waals surface area contributed by atoms with Crippen LogP contribution in [0.4, 0.5) is 0 Å². The number of hydrogen-bond acceptors (Lipinski definition) is 4. The van der Waals surface area contributed by atoms with Crippen molar-refractivity contribution in [2.75, 3.05) is 0 Å². The van der Waals surface area contributed by atoms with Crippen molar-refractivity contribution in [2.45, 2.75) is 0 Å². The maximum absolute atomic E-state index is 13.7. The molecular formula is C18H15O4PS. The molecule has 0 bridgehead atoms. The van der Waals surface area contributed by atoms with E-state index in [4.69, 9.17) is 4.18 Å². The van der Waals surface area contributed by atoms with E-state index >= 15 is 0 Å². The summed E-state index contributed by atoms with van der Waals surface area (Å²) in [7, 11) is -4.43. The molecule has 0 N–H and O–H groups in total. The lowest BCUT2D eigenvalue weighted by molar-refractivity contribution is 0.497. The Morgan fingerprint density at radius 3 is 1.42 bits per heavy atom. The number of para-hydroxylation sites is 1. The quantitative estimate of drug-likeness (QED) is 0.657. The molecule has 122 valence electrons. The predicted molar refractivity (Wildman–Crippen MR) is 95.7 cm³/mol. The van der Waals surface area contributed by atoms with E-state index in [1.165, 1.54) is 12.1 Å². The molecule has 0 amide bonds.